The molecule has 4 heterocycles. The van der Waals surface area contributed by atoms with Crippen molar-refractivity contribution in [3.8, 4) is 0 Å². The predicted octanol–water partition coefficient (Wildman–Crippen LogP) is 3.97. The normalized spacial score (nSPS) is 24.5. The Bertz CT molecular complexity index is 1190. The monoisotopic (exact) mass is 448 g/mol. The number of carbonyl (C=O) groups is 2. The Hall–Kier alpha value is -2.93. The van der Waals surface area contributed by atoms with E-state index in [9.17, 15) is 14.0 Å². The third-order valence-electron chi connectivity index (χ3n) is 7.77. The van der Waals surface area contributed by atoms with Crippen LogP contribution in [-0.2, 0) is 11.2 Å². The van der Waals surface area contributed by atoms with Crippen molar-refractivity contribution in [3.05, 3.63) is 52.1 Å². The van der Waals surface area contributed by atoms with E-state index in [2.05, 4.69) is 20.1 Å². The fourth-order valence-corrected chi connectivity index (χ4v) is 6.24. The van der Waals surface area contributed by atoms with Crippen molar-refractivity contribution >= 4 is 28.6 Å². The van der Waals surface area contributed by atoms with Crippen molar-refractivity contribution in [2.75, 3.05) is 31.5 Å². The first-order valence-corrected chi connectivity index (χ1v) is 12.1. The summed E-state index contributed by atoms with van der Waals surface area (Å²) in [7, 11) is 0. The highest BCUT2D eigenvalue weighted by Crippen LogP contribution is 2.44. The molecule has 7 heteroatoms. The van der Waals surface area contributed by atoms with E-state index in [1.807, 2.05) is 6.92 Å². The van der Waals surface area contributed by atoms with Gasteiger partial charge in [0.05, 0.1) is 11.1 Å². The molecule has 0 bridgehead atoms. The molecule has 172 valence electrons. The Morgan fingerprint density at radius 1 is 1.15 bits per heavy atom. The standard InChI is InChI=1S/C26H29FN4O2/c1-15-22(26(33)31-12-4-5-17(31)14-30-10-2-3-11-30)18-7-8-19(24(18)28-15)23-20-13-16(27)6-9-21(20)29-25(23)32/h6,9,13,17,28H,2-5,7-8,10-12,14H2,1H3,(H,29,32)/t17-/m0/s1. The van der Waals surface area contributed by atoms with E-state index in [1.165, 1.54) is 25.0 Å². The van der Waals surface area contributed by atoms with Gasteiger partial charge in [0, 0.05) is 41.8 Å². The molecule has 1 aliphatic carbocycles. The summed E-state index contributed by atoms with van der Waals surface area (Å²) in [6.45, 7) is 5.99. The zero-order valence-electron chi connectivity index (χ0n) is 19.0. The predicted molar refractivity (Wildman–Crippen MR) is 125 cm³/mol. The van der Waals surface area contributed by atoms with Crippen molar-refractivity contribution in [1.82, 2.24) is 14.8 Å². The Morgan fingerprint density at radius 3 is 2.79 bits per heavy atom. The lowest BCUT2D eigenvalue weighted by Gasteiger charge is -2.29. The number of hydrogen-bond donors (Lipinski definition) is 2. The number of H-pyrrole nitrogens is 1. The Balaban J connectivity index is 1.35. The maximum atomic E-state index is 14.0. The van der Waals surface area contributed by atoms with Gasteiger partial charge in [0.15, 0.2) is 0 Å². The molecule has 0 spiro atoms. The molecule has 2 amide bonds. The summed E-state index contributed by atoms with van der Waals surface area (Å²) in [4.78, 5) is 34.5. The number of allylic oxidation sites excluding steroid dienone is 1. The third-order valence-corrected chi connectivity index (χ3v) is 7.77. The molecule has 1 atom stereocenters. The summed E-state index contributed by atoms with van der Waals surface area (Å²) >= 11 is 0. The van der Waals surface area contributed by atoms with Crippen molar-refractivity contribution in [2.24, 2.45) is 0 Å². The van der Waals surface area contributed by atoms with E-state index in [1.54, 1.807) is 6.07 Å². The van der Waals surface area contributed by atoms with Gasteiger partial charge in [-0.1, -0.05) is 0 Å². The van der Waals surface area contributed by atoms with E-state index < -0.39 is 0 Å². The maximum Gasteiger partial charge on any atom is 0.256 e. The fraction of sp³-hybridized carbons (Fsp3) is 0.462. The summed E-state index contributed by atoms with van der Waals surface area (Å²) in [5, 5.41) is 2.85. The van der Waals surface area contributed by atoms with Gasteiger partial charge in [-0.2, -0.15) is 0 Å². The van der Waals surface area contributed by atoms with E-state index in [0.717, 1.165) is 67.1 Å². The zero-order chi connectivity index (χ0) is 22.7. The van der Waals surface area contributed by atoms with Gasteiger partial charge >= 0.3 is 0 Å². The van der Waals surface area contributed by atoms with Gasteiger partial charge in [-0.25, -0.2) is 4.39 Å². The average molecular weight is 449 g/mol. The minimum Gasteiger partial charge on any atom is -0.358 e. The molecule has 2 fully saturated rings. The van der Waals surface area contributed by atoms with Crippen LogP contribution in [0.5, 0.6) is 0 Å². The number of fused-ring (bicyclic) bond motifs is 2. The van der Waals surface area contributed by atoms with Crippen LogP contribution in [0.2, 0.25) is 0 Å². The molecule has 33 heavy (non-hydrogen) atoms. The van der Waals surface area contributed by atoms with Gasteiger partial charge in [-0.3, -0.25) is 9.59 Å². The molecule has 6 rings (SSSR count). The molecule has 0 unspecified atom stereocenters. The van der Waals surface area contributed by atoms with Crippen LogP contribution >= 0.6 is 0 Å². The second-order valence-electron chi connectivity index (χ2n) is 9.78. The van der Waals surface area contributed by atoms with Crippen LogP contribution in [0.3, 0.4) is 0 Å². The topological polar surface area (TPSA) is 68.4 Å². The number of likely N-dealkylation sites (tertiary alicyclic amines) is 2. The van der Waals surface area contributed by atoms with Crippen LogP contribution in [0.15, 0.2) is 18.2 Å². The second kappa shape index (κ2) is 7.83. The van der Waals surface area contributed by atoms with E-state index in [4.69, 9.17) is 0 Å². The SMILES string of the molecule is Cc1[nH]c2c(c1C(=O)N1CCC[C@H]1CN1CCCC1)CCC2=C1C(=O)Nc2ccc(F)cc21. The Labute approximate surface area is 192 Å². The zero-order valence-corrected chi connectivity index (χ0v) is 19.0. The van der Waals surface area contributed by atoms with Crippen LogP contribution in [-0.4, -0.2) is 58.8 Å². The molecule has 0 radical (unpaired) electrons. The van der Waals surface area contributed by atoms with Gasteiger partial charge in [-0.05, 0) is 87.9 Å². The fourth-order valence-electron chi connectivity index (χ4n) is 6.24. The lowest BCUT2D eigenvalue weighted by atomic mass is 9.99. The molecular formula is C26H29FN4O2. The number of aromatic nitrogens is 1. The molecule has 1 aromatic heterocycles. The first-order chi connectivity index (χ1) is 16.0. The van der Waals surface area contributed by atoms with Crippen molar-refractivity contribution < 1.29 is 14.0 Å². The first-order valence-electron chi connectivity index (χ1n) is 12.1. The van der Waals surface area contributed by atoms with Crippen LogP contribution in [0.1, 0.15) is 65.0 Å². The van der Waals surface area contributed by atoms with E-state index in [-0.39, 0.29) is 23.7 Å². The summed E-state index contributed by atoms with van der Waals surface area (Å²) in [5.74, 6) is -0.456. The number of nitrogens with one attached hydrogen (secondary N) is 2. The number of rotatable bonds is 3. The lowest BCUT2D eigenvalue weighted by molar-refractivity contribution is -0.110. The van der Waals surface area contributed by atoms with Gasteiger partial charge in [0.1, 0.15) is 5.82 Å². The molecule has 3 aliphatic heterocycles. The Kier molecular flexibility index (Phi) is 4.91. The van der Waals surface area contributed by atoms with Crippen LogP contribution < -0.4 is 5.32 Å². The number of nitrogens with zero attached hydrogens (tertiary/aromatic N) is 2. The minimum absolute atomic E-state index is 0.111. The number of amides is 2. The Morgan fingerprint density at radius 2 is 1.97 bits per heavy atom. The summed E-state index contributed by atoms with van der Waals surface area (Å²) in [5.41, 5.74) is 6.14. The molecule has 6 nitrogen and oxygen atoms in total. The van der Waals surface area contributed by atoms with E-state index in [0.29, 0.717) is 29.7 Å². The number of aryl methyl sites for hydroxylation is 1. The molecular weight excluding hydrogens is 419 g/mol. The first kappa shape index (κ1) is 20.7. The minimum atomic E-state index is -0.363. The number of hydrogen-bond acceptors (Lipinski definition) is 3. The largest absolute Gasteiger partial charge is 0.358 e. The highest BCUT2D eigenvalue weighted by molar-refractivity contribution is 6.37. The summed E-state index contributed by atoms with van der Waals surface area (Å²) in [6.07, 6.45) is 5.99. The highest BCUT2D eigenvalue weighted by atomic mass is 19.1. The molecule has 4 aliphatic rings. The molecule has 2 saturated heterocycles. The average Bonchev–Trinajstić information content (AvgIpc) is 3.58. The van der Waals surface area contributed by atoms with Gasteiger partial charge in [0.2, 0.25) is 0 Å². The van der Waals surface area contributed by atoms with Gasteiger partial charge in [-0.15, -0.1) is 0 Å². The molecule has 2 aromatic rings. The maximum absolute atomic E-state index is 14.0. The quantitative estimate of drug-likeness (QED) is 0.698. The van der Waals surface area contributed by atoms with Crippen molar-refractivity contribution in [3.63, 3.8) is 0 Å². The van der Waals surface area contributed by atoms with Gasteiger partial charge < -0.3 is 20.1 Å². The second-order valence-corrected chi connectivity index (χ2v) is 9.78. The number of carbonyl (C=O) groups excluding carboxylic acids is 2. The smallest absolute Gasteiger partial charge is 0.256 e. The van der Waals surface area contributed by atoms with Crippen molar-refractivity contribution in [2.45, 2.75) is 51.5 Å². The lowest BCUT2D eigenvalue weighted by Crippen LogP contribution is -2.42. The molecule has 0 saturated carbocycles. The third kappa shape index (κ3) is 3.32. The van der Waals surface area contributed by atoms with Crippen molar-refractivity contribution in [1.29, 1.82) is 0 Å². The van der Waals surface area contributed by atoms with E-state index >= 15 is 0 Å². The number of anilines is 1. The highest BCUT2D eigenvalue weighted by Gasteiger charge is 2.38. The van der Waals surface area contributed by atoms with Gasteiger partial charge in [0.25, 0.3) is 11.8 Å². The summed E-state index contributed by atoms with van der Waals surface area (Å²) < 4.78 is 14.0. The number of benzene rings is 1. The number of aromatic amines is 1. The van der Waals surface area contributed by atoms with Crippen LogP contribution in [0.25, 0.3) is 11.1 Å². The van der Waals surface area contributed by atoms with Crippen LogP contribution in [0.4, 0.5) is 10.1 Å². The molecule has 2 N–H and O–H groups in total. The van der Waals surface area contributed by atoms with Crippen LogP contribution in [0, 0.1) is 12.7 Å². The number of halogens is 1. The summed E-state index contributed by atoms with van der Waals surface area (Å²) in [6, 6.07) is 4.66. The molecule has 1 aromatic carbocycles.